The summed E-state index contributed by atoms with van der Waals surface area (Å²) >= 11 is 1.81. The van der Waals surface area contributed by atoms with E-state index in [-0.39, 0.29) is 0 Å². The van der Waals surface area contributed by atoms with Gasteiger partial charge >= 0.3 is 0 Å². The largest absolute Gasteiger partial charge is 0.348 e. The molecule has 1 aromatic rings. The molecule has 18 heavy (non-hydrogen) atoms. The van der Waals surface area contributed by atoms with Crippen LogP contribution in [0.3, 0.4) is 0 Å². The molecule has 0 unspecified atom stereocenters. The zero-order chi connectivity index (χ0) is 13.5. The Labute approximate surface area is 115 Å². The summed E-state index contributed by atoms with van der Waals surface area (Å²) in [5.74, 6) is 0. The van der Waals surface area contributed by atoms with Gasteiger partial charge in [-0.3, -0.25) is 0 Å². The van der Waals surface area contributed by atoms with Crippen LogP contribution in [0.15, 0.2) is 0 Å². The van der Waals surface area contributed by atoms with Crippen molar-refractivity contribution in [3.05, 3.63) is 10.6 Å². The van der Waals surface area contributed by atoms with E-state index in [9.17, 15) is 0 Å². The summed E-state index contributed by atoms with van der Waals surface area (Å²) in [6, 6.07) is 0. The van der Waals surface area contributed by atoms with Gasteiger partial charge in [-0.1, -0.05) is 0 Å². The van der Waals surface area contributed by atoms with Gasteiger partial charge in [0.15, 0.2) is 5.13 Å². The second-order valence-electron chi connectivity index (χ2n) is 4.77. The first-order chi connectivity index (χ1) is 8.58. The number of aromatic nitrogens is 1. The lowest BCUT2D eigenvalue weighted by molar-refractivity contribution is 0.400. The maximum atomic E-state index is 4.69. The summed E-state index contributed by atoms with van der Waals surface area (Å²) < 4.78 is 0. The first-order valence-corrected chi connectivity index (χ1v) is 7.40. The van der Waals surface area contributed by atoms with E-state index in [2.05, 4.69) is 48.0 Å². The number of aryl methyl sites for hydroxylation is 1. The predicted octanol–water partition coefficient (Wildman–Crippen LogP) is 1.95. The van der Waals surface area contributed by atoms with Gasteiger partial charge in [-0.15, -0.1) is 11.3 Å². The van der Waals surface area contributed by atoms with E-state index in [1.54, 1.807) is 0 Å². The molecular formula is C13H26N4S. The van der Waals surface area contributed by atoms with Crippen molar-refractivity contribution in [2.75, 3.05) is 45.7 Å². The highest BCUT2D eigenvalue weighted by atomic mass is 32.1. The third-order valence-corrected chi connectivity index (χ3v) is 4.12. The Morgan fingerprint density at radius 3 is 2.56 bits per heavy atom. The highest BCUT2D eigenvalue weighted by Gasteiger charge is 2.12. The van der Waals surface area contributed by atoms with Gasteiger partial charge in [-0.05, 0) is 48.0 Å². The van der Waals surface area contributed by atoms with Crippen molar-refractivity contribution in [2.45, 2.75) is 26.8 Å². The fraction of sp³-hybridized carbons (Fsp3) is 0.769. The van der Waals surface area contributed by atoms with Gasteiger partial charge in [-0.25, -0.2) is 4.98 Å². The maximum absolute atomic E-state index is 4.69. The number of hydrogen-bond donors (Lipinski definition) is 1. The number of anilines is 1. The Morgan fingerprint density at radius 1 is 1.28 bits per heavy atom. The van der Waals surface area contributed by atoms with Crippen LogP contribution in [-0.2, 0) is 6.54 Å². The number of nitrogens with zero attached hydrogens (tertiary/aromatic N) is 3. The van der Waals surface area contributed by atoms with Gasteiger partial charge in [0.05, 0.1) is 5.69 Å². The summed E-state index contributed by atoms with van der Waals surface area (Å²) in [6.45, 7) is 8.45. The molecule has 0 aliphatic carbocycles. The molecular weight excluding hydrogens is 244 g/mol. The number of rotatable bonds is 8. The average Bonchev–Trinajstić information content (AvgIpc) is 2.66. The fourth-order valence-electron chi connectivity index (χ4n) is 1.84. The topological polar surface area (TPSA) is 31.4 Å². The Balaban J connectivity index is 2.61. The van der Waals surface area contributed by atoms with Crippen LogP contribution in [0.25, 0.3) is 0 Å². The predicted molar refractivity (Wildman–Crippen MR) is 80.7 cm³/mol. The molecule has 0 aliphatic heterocycles. The van der Waals surface area contributed by atoms with Crippen molar-refractivity contribution < 1.29 is 0 Å². The van der Waals surface area contributed by atoms with Gasteiger partial charge in [-0.2, -0.15) is 0 Å². The molecule has 0 spiro atoms. The van der Waals surface area contributed by atoms with E-state index < -0.39 is 0 Å². The molecule has 0 saturated heterocycles. The molecule has 0 aromatic carbocycles. The van der Waals surface area contributed by atoms with Crippen molar-refractivity contribution in [2.24, 2.45) is 0 Å². The highest BCUT2D eigenvalue weighted by molar-refractivity contribution is 7.15. The van der Waals surface area contributed by atoms with E-state index in [0.29, 0.717) is 0 Å². The monoisotopic (exact) mass is 270 g/mol. The van der Waals surface area contributed by atoms with Crippen molar-refractivity contribution in [3.8, 4) is 0 Å². The number of hydrogen-bond acceptors (Lipinski definition) is 5. The van der Waals surface area contributed by atoms with Crippen LogP contribution in [0.5, 0.6) is 0 Å². The first kappa shape index (κ1) is 15.4. The summed E-state index contributed by atoms with van der Waals surface area (Å²) in [7, 11) is 6.22. The lowest BCUT2D eigenvalue weighted by Crippen LogP contribution is -2.26. The quantitative estimate of drug-likeness (QED) is 0.782. The zero-order valence-electron chi connectivity index (χ0n) is 12.3. The Bertz CT molecular complexity index is 349. The summed E-state index contributed by atoms with van der Waals surface area (Å²) in [4.78, 5) is 10.6. The lowest BCUT2D eigenvalue weighted by atomic mass is 10.3. The van der Waals surface area contributed by atoms with Crippen molar-refractivity contribution in [3.63, 3.8) is 0 Å². The molecule has 1 heterocycles. The summed E-state index contributed by atoms with van der Waals surface area (Å²) in [5.41, 5.74) is 1.16. The third-order valence-electron chi connectivity index (χ3n) is 2.90. The van der Waals surface area contributed by atoms with Crippen LogP contribution < -0.4 is 10.2 Å². The Kier molecular flexibility index (Phi) is 6.60. The lowest BCUT2D eigenvalue weighted by Gasteiger charge is -2.20. The number of nitrogens with one attached hydrogen (secondary N) is 1. The van der Waals surface area contributed by atoms with Gasteiger partial charge in [0, 0.05) is 24.5 Å². The molecule has 0 radical (unpaired) electrons. The molecule has 0 atom stereocenters. The highest BCUT2D eigenvalue weighted by Crippen LogP contribution is 2.25. The van der Waals surface area contributed by atoms with Crippen LogP contribution in [-0.4, -0.2) is 50.7 Å². The molecule has 0 saturated carbocycles. The molecule has 0 aliphatic rings. The van der Waals surface area contributed by atoms with Crippen LogP contribution in [0, 0.1) is 6.92 Å². The van der Waals surface area contributed by atoms with Crippen LogP contribution in [0.2, 0.25) is 0 Å². The first-order valence-electron chi connectivity index (χ1n) is 6.59. The van der Waals surface area contributed by atoms with E-state index in [0.717, 1.165) is 31.9 Å². The number of thiazole rings is 1. The zero-order valence-corrected chi connectivity index (χ0v) is 13.1. The molecule has 0 amide bonds. The van der Waals surface area contributed by atoms with E-state index in [1.807, 2.05) is 18.4 Å². The van der Waals surface area contributed by atoms with Gasteiger partial charge in [0.25, 0.3) is 0 Å². The maximum Gasteiger partial charge on any atom is 0.185 e. The molecule has 0 fully saturated rings. The van der Waals surface area contributed by atoms with E-state index in [4.69, 9.17) is 0 Å². The molecule has 104 valence electrons. The van der Waals surface area contributed by atoms with Gasteiger partial charge in [0.2, 0.25) is 0 Å². The van der Waals surface area contributed by atoms with Gasteiger partial charge < -0.3 is 15.1 Å². The normalized spacial score (nSPS) is 11.2. The standard InChI is InChI=1S/C13H26N4S/c1-6-17(9-7-8-16(4)5)13-15-11(2)12(18-13)10-14-3/h14H,6-10H2,1-5H3. The van der Waals surface area contributed by atoms with Crippen molar-refractivity contribution in [1.29, 1.82) is 0 Å². The summed E-state index contributed by atoms with van der Waals surface area (Å²) in [5, 5.41) is 4.36. The fourth-order valence-corrected chi connectivity index (χ4v) is 3.00. The molecule has 1 aromatic heterocycles. The minimum Gasteiger partial charge on any atom is -0.348 e. The summed E-state index contributed by atoms with van der Waals surface area (Å²) in [6.07, 6.45) is 1.18. The Morgan fingerprint density at radius 2 is 2.00 bits per heavy atom. The van der Waals surface area contributed by atoms with Crippen LogP contribution in [0.1, 0.15) is 23.9 Å². The van der Waals surface area contributed by atoms with E-state index in [1.165, 1.54) is 16.4 Å². The van der Waals surface area contributed by atoms with Crippen molar-refractivity contribution in [1.82, 2.24) is 15.2 Å². The molecule has 5 heteroatoms. The second-order valence-corrected chi connectivity index (χ2v) is 5.83. The van der Waals surface area contributed by atoms with Gasteiger partial charge in [0.1, 0.15) is 0 Å². The smallest absolute Gasteiger partial charge is 0.185 e. The molecule has 0 bridgehead atoms. The SMILES string of the molecule is CCN(CCCN(C)C)c1nc(C)c(CNC)s1. The van der Waals surface area contributed by atoms with E-state index >= 15 is 0 Å². The molecule has 1 rings (SSSR count). The minimum absolute atomic E-state index is 0.915. The Hall–Kier alpha value is -0.650. The third kappa shape index (κ3) is 4.55. The second kappa shape index (κ2) is 7.71. The van der Waals surface area contributed by atoms with Crippen molar-refractivity contribution >= 4 is 16.5 Å². The minimum atomic E-state index is 0.915. The van der Waals surface area contributed by atoms with Crippen LogP contribution >= 0.6 is 11.3 Å². The van der Waals surface area contributed by atoms with Crippen LogP contribution in [0.4, 0.5) is 5.13 Å². The average molecular weight is 270 g/mol. The molecule has 1 N–H and O–H groups in total. The molecule has 4 nitrogen and oxygen atoms in total.